The Morgan fingerprint density at radius 1 is 0.510 bits per heavy atom. The fourth-order valence-electron chi connectivity index (χ4n) is 4.92. The van der Waals surface area contributed by atoms with E-state index in [4.69, 9.17) is 5.11 Å². The quantitative estimate of drug-likeness (QED) is 0.0325. The molecule has 0 spiro atoms. The van der Waals surface area contributed by atoms with Crippen molar-refractivity contribution in [2.45, 2.75) is 193 Å². The number of carbonyl (C=O) groups is 2. The maximum absolute atomic E-state index is 12.6. The molecule has 0 heterocycles. The van der Waals surface area contributed by atoms with E-state index in [1.807, 2.05) is 0 Å². The summed E-state index contributed by atoms with van der Waals surface area (Å²) in [6.07, 6.45) is 43.1. The first-order valence-electron chi connectivity index (χ1n) is 19.0. The van der Waals surface area contributed by atoms with E-state index in [1.54, 1.807) is 13.8 Å². The Morgan fingerprint density at radius 2 is 0.776 bits per heavy atom. The van der Waals surface area contributed by atoms with Crippen LogP contribution >= 0.6 is 0 Å². The summed E-state index contributed by atoms with van der Waals surface area (Å²) in [7, 11) is 1.43. The van der Waals surface area contributed by atoms with Crippen LogP contribution in [0.5, 0.6) is 0 Å². The summed E-state index contributed by atoms with van der Waals surface area (Å²) in [5, 5.41) is 8.51. The number of carboxylic acids is 1. The molecule has 0 aromatic carbocycles. The van der Waals surface area contributed by atoms with Gasteiger partial charge in [0.15, 0.2) is 0 Å². The van der Waals surface area contributed by atoms with Crippen LogP contribution in [0.15, 0.2) is 48.6 Å². The molecule has 282 valence electrons. The molecule has 49 heavy (non-hydrogen) atoms. The number of allylic oxidation sites excluding steroid dienone is 8. The first-order valence-corrected chi connectivity index (χ1v) is 19.0. The van der Waals surface area contributed by atoms with Crippen molar-refractivity contribution in [1.82, 2.24) is 0 Å². The van der Waals surface area contributed by atoms with Gasteiger partial charge in [-0.1, -0.05) is 87.1 Å². The zero-order chi connectivity index (χ0) is 35.1. The van der Waals surface area contributed by atoms with E-state index in [0.717, 1.165) is 77.0 Å². The van der Waals surface area contributed by atoms with Crippen molar-refractivity contribution >= 4 is 11.9 Å². The van der Waals surface area contributed by atoms with Gasteiger partial charge >= 0.3 is 41.5 Å². The van der Waals surface area contributed by atoms with Crippen molar-refractivity contribution in [2.75, 3.05) is 7.11 Å². The Hall–Kier alpha value is -1.28. The van der Waals surface area contributed by atoms with Gasteiger partial charge in [0.05, 0.1) is 19.5 Å². The van der Waals surface area contributed by atoms with Gasteiger partial charge in [-0.15, -0.1) is 0 Å². The topological polar surface area (TPSA) is 93.6 Å². The van der Waals surface area contributed by atoms with Gasteiger partial charge in [0.25, 0.3) is 0 Å². The SMILES string of the molecule is COC(=O)CCC/C=C\CCCCCCC/C=C\CCC[C@@H](C)F.C[C@@H](F)CCC/C=C\CCCCCCC/C=C\CCCC(=O)O.[Na+].[OH-]. The van der Waals surface area contributed by atoms with E-state index in [0.29, 0.717) is 19.3 Å². The van der Waals surface area contributed by atoms with Crippen molar-refractivity contribution in [2.24, 2.45) is 0 Å². The van der Waals surface area contributed by atoms with Gasteiger partial charge in [-0.25, -0.2) is 8.78 Å². The summed E-state index contributed by atoms with van der Waals surface area (Å²) in [6, 6.07) is 0. The minimum atomic E-state index is -0.706. The number of hydrogen-bond donors (Lipinski definition) is 1. The molecule has 0 bridgehead atoms. The number of carboxylic acid groups (broad SMARTS) is 1. The smallest absolute Gasteiger partial charge is 0.870 e. The summed E-state index contributed by atoms with van der Waals surface area (Å²) in [5.74, 6) is -0.824. The van der Waals surface area contributed by atoms with Crippen molar-refractivity contribution in [1.29, 1.82) is 0 Å². The molecule has 0 amide bonds. The molecule has 0 unspecified atom stereocenters. The fraction of sp³-hybridized carbons (Fsp3) is 0.756. The summed E-state index contributed by atoms with van der Waals surface area (Å²) in [6.45, 7) is 3.25. The van der Waals surface area contributed by atoms with Crippen molar-refractivity contribution < 1.29 is 63.2 Å². The molecule has 0 saturated carbocycles. The second-order valence-electron chi connectivity index (χ2n) is 12.8. The number of halogens is 2. The molecule has 0 radical (unpaired) electrons. The number of hydrogen-bond acceptors (Lipinski definition) is 4. The molecule has 0 aliphatic heterocycles. The third-order valence-electron chi connectivity index (χ3n) is 7.84. The molecule has 0 saturated heterocycles. The number of methoxy groups -OCH3 is 1. The number of esters is 1. The van der Waals surface area contributed by atoms with Crippen LogP contribution in [-0.2, 0) is 14.3 Å². The largest absolute Gasteiger partial charge is 1.00 e. The Balaban J connectivity index is -0.000000397. The fourth-order valence-corrected chi connectivity index (χ4v) is 4.92. The molecule has 0 aliphatic carbocycles. The van der Waals surface area contributed by atoms with Crippen molar-refractivity contribution in [3.63, 3.8) is 0 Å². The standard InChI is InChI=1S/C21H37FO2.C20H35FO2.Na.H2O/c1-20(22)18-16-14-12-10-8-6-4-3-5-7-9-11-13-15-17-19-21(23)24-2;1-19(21)17-15-13-11-9-7-5-3-2-4-6-8-10-12-14-16-18-20(22)23;;/h10-13,20H,3-9,14-19H2,1-2H3;9-12,19H,2-8,13-18H2,1H3,(H,22,23);;1H2/q;;+1;/p-1/b12-10-,13-11-;11-9-,12-10-;;/t20-;19-;;/m11../s1. The number of aliphatic carboxylic acids is 1. The van der Waals surface area contributed by atoms with Crippen molar-refractivity contribution in [3.8, 4) is 0 Å². The van der Waals surface area contributed by atoms with Crippen LogP contribution in [0.1, 0.15) is 181 Å². The van der Waals surface area contributed by atoms with Crippen LogP contribution < -0.4 is 29.6 Å². The molecule has 2 atom stereocenters. The molecular weight excluding hydrogens is 633 g/mol. The Bertz CT molecular complexity index is 797. The first kappa shape index (κ1) is 54.5. The second-order valence-corrected chi connectivity index (χ2v) is 12.8. The van der Waals surface area contributed by atoms with Crippen LogP contribution in [0, 0.1) is 0 Å². The molecule has 8 heteroatoms. The van der Waals surface area contributed by atoms with E-state index in [9.17, 15) is 18.4 Å². The van der Waals surface area contributed by atoms with Crippen molar-refractivity contribution in [3.05, 3.63) is 48.6 Å². The molecule has 5 nitrogen and oxygen atoms in total. The Labute approximate surface area is 322 Å². The Kier molecular flexibility index (Phi) is 52.0. The maximum Gasteiger partial charge on any atom is 1.00 e. The zero-order valence-corrected chi connectivity index (χ0v) is 34.0. The third-order valence-corrected chi connectivity index (χ3v) is 7.84. The molecule has 0 aromatic heterocycles. The molecule has 2 N–H and O–H groups in total. The molecule has 0 aromatic rings. The molecular formula is C41H73F2NaO5. The van der Waals surface area contributed by atoms with Crippen LogP contribution in [0.4, 0.5) is 8.78 Å². The number of rotatable bonds is 32. The molecule has 0 aliphatic rings. The average Bonchev–Trinajstić information content (AvgIpc) is 3.03. The summed E-state index contributed by atoms with van der Waals surface area (Å²) in [5.41, 5.74) is 0. The summed E-state index contributed by atoms with van der Waals surface area (Å²) >= 11 is 0. The van der Waals surface area contributed by atoms with Gasteiger partial charge in [-0.05, 0) is 129 Å². The molecule has 0 fully saturated rings. The summed E-state index contributed by atoms with van der Waals surface area (Å²) < 4.78 is 29.7. The third kappa shape index (κ3) is 56.3. The maximum atomic E-state index is 12.6. The van der Waals surface area contributed by atoms with E-state index in [-0.39, 0.29) is 47.4 Å². The van der Waals surface area contributed by atoms with Gasteiger partial charge in [0, 0.05) is 12.8 Å². The number of unbranched alkanes of at least 4 members (excludes halogenated alkanes) is 16. The van der Waals surface area contributed by atoms with Crippen LogP contribution in [0.3, 0.4) is 0 Å². The number of alkyl halides is 2. The normalized spacial score (nSPS) is 12.5. The van der Waals surface area contributed by atoms with Crippen LogP contribution in [-0.4, -0.2) is 42.0 Å². The number of ether oxygens (including phenoxy) is 1. The monoisotopic (exact) mass is 707 g/mol. The van der Waals surface area contributed by atoms with E-state index in [1.165, 1.54) is 71.3 Å². The zero-order valence-electron chi connectivity index (χ0n) is 32.0. The Morgan fingerprint density at radius 3 is 1.06 bits per heavy atom. The van der Waals surface area contributed by atoms with Gasteiger partial charge in [-0.3, -0.25) is 9.59 Å². The van der Waals surface area contributed by atoms with Gasteiger partial charge < -0.3 is 15.3 Å². The van der Waals surface area contributed by atoms with E-state index < -0.39 is 18.3 Å². The number of carbonyl (C=O) groups excluding carboxylic acids is 1. The van der Waals surface area contributed by atoms with Gasteiger partial charge in [-0.2, -0.15) is 0 Å². The minimum absolute atomic E-state index is 0. The molecule has 0 rings (SSSR count). The van der Waals surface area contributed by atoms with E-state index in [2.05, 4.69) is 53.3 Å². The van der Waals surface area contributed by atoms with Crippen LogP contribution in [0.2, 0.25) is 0 Å². The predicted octanol–water partition coefficient (Wildman–Crippen LogP) is 10.1. The van der Waals surface area contributed by atoms with E-state index >= 15 is 0 Å². The minimum Gasteiger partial charge on any atom is -0.870 e. The van der Waals surface area contributed by atoms with Gasteiger partial charge in [0.1, 0.15) is 0 Å². The predicted molar refractivity (Wildman–Crippen MR) is 199 cm³/mol. The summed E-state index contributed by atoms with van der Waals surface area (Å²) in [4.78, 5) is 21.2. The van der Waals surface area contributed by atoms with Gasteiger partial charge in [0.2, 0.25) is 0 Å². The average molecular weight is 707 g/mol. The van der Waals surface area contributed by atoms with Crippen LogP contribution in [0.25, 0.3) is 0 Å². The first-order chi connectivity index (χ1) is 22.8. The second kappa shape index (κ2) is 46.7.